The van der Waals surface area contributed by atoms with Crippen LogP contribution in [0.4, 0.5) is 0 Å². The molecule has 1 aliphatic carbocycles. The van der Waals surface area contributed by atoms with Crippen LogP contribution in [0.5, 0.6) is 0 Å². The molecule has 0 bridgehead atoms. The van der Waals surface area contributed by atoms with E-state index in [1.165, 1.54) is 19.3 Å². The minimum Gasteiger partial charge on any atom is -0.409 e. The zero-order valence-corrected chi connectivity index (χ0v) is 10.6. The van der Waals surface area contributed by atoms with Gasteiger partial charge >= 0.3 is 0 Å². The number of carbonyl (C=O) groups excluding carboxylic acids is 1. The van der Waals surface area contributed by atoms with E-state index in [2.05, 4.69) is 10.5 Å². The van der Waals surface area contributed by atoms with E-state index in [1.54, 1.807) is 0 Å². The first-order valence-corrected chi connectivity index (χ1v) is 6.37. The summed E-state index contributed by atoms with van der Waals surface area (Å²) in [4.78, 5) is 12.0. The molecule has 98 valence electrons. The number of hydrogen-bond acceptors (Lipinski definition) is 3. The van der Waals surface area contributed by atoms with E-state index in [0.717, 1.165) is 6.42 Å². The highest BCUT2D eigenvalue weighted by atomic mass is 16.4. The second kappa shape index (κ2) is 6.47. The lowest BCUT2D eigenvalue weighted by Crippen LogP contribution is -2.46. The largest absolute Gasteiger partial charge is 0.409 e. The second-order valence-corrected chi connectivity index (χ2v) is 4.85. The molecule has 2 atom stereocenters. The molecule has 0 heterocycles. The zero-order valence-electron chi connectivity index (χ0n) is 10.6. The topological polar surface area (TPSA) is 87.7 Å². The Morgan fingerprint density at radius 1 is 1.59 bits per heavy atom. The highest BCUT2D eigenvalue weighted by Gasteiger charge is 2.28. The summed E-state index contributed by atoms with van der Waals surface area (Å²) >= 11 is 0. The lowest BCUT2D eigenvalue weighted by Gasteiger charge is -2.32. The van der Waals surface area contributed by atoms with Gasteiger partial charge in [0.25, 0.3) is 0 Å². The Morgan fingerprint density at radius 2 is 2.24 bits per heavy atom. The summed E-state index contributed by atoms with van der Waals surface area (Å²) < 4.78 is 0. The summed E-state index contributed by atoms with van der Waals surface area (Å²) in [5.41, 5.74) is 5.54. The van der Waals surface area contributed by atoms with Crippen molar-refractivity contribution in [2.75, 3.05) is 0 Å². The van der Waals surface area contributed by atoms with Gasteiger partial charge in [0.15, 0.2) is 5.84 Å². The Kier molecular flexibility index (Phi) is 5.25. The van der Waals surface area contributed by atoms with Crippen LogP contribution in [-0.4, -0.2) is 23.0 Å². The number of hydrogen-bond donors (Lipinski definition) is 3. The fourth-order valence-corrected chi connectivity index (χ4v) is 2.15. The van der Waals surface area contributed by atoms with Crippen molar-refractivity contribution in [1.29, 1.82) is 0 Å². The van der Waals surface area contributed by atoms with Gasteiger partial charge in [-0.15, -0.1) is 0 Å². The van der Waals surface area contributed by atoms with Crippen LogP contribution >= 0.6 is 0 Å². The second-order valence-electron chi connectivity index (χ2n) is 4.85. The molecule has 1 amide bonds. The average molecular weight is 241 g/mol. The van der Waals surface area contributed by atoms with Gasteiger partial charge in [0.1, 0.15) is 0 Å². The Hall–Kier alpha value is -1.26. The minimum absolute atomic E-state index is 0.00478. The molecule has 0 aromatic carbocycles. The zero-order chi connectivity index (χ0) is 12.8. The molecule has 1 saturated carbocycles. The summed E-state index contributed by atoms with van der Waals surface area (Å²) in [6.07, 6.45) is 5.06. The van der Waals surface area contributed by atoms with Crippen molar-refractivity contribution in [3.8, 4) is 0 Å². The van der Waals surface area contributed by atoms with Crippen molar-refractivity contribution < 1.29 is 10.0 Å². The van der Waals surface area contributed by atoms with Gasteiger partial charge in [0.2, 0.25) is 5.91 Å². The number of carbonyl (C=O) groups is 1. The van der Waals surface area contributed by atoms with Crippen LogP contribution in [0.1, 0.15) is 46.0 Å². The standard InChI is InChI=1S/C12H23N3O2/c1-3-5-10(11(13)15-17)12(16)14-8(2)9-6-4-7-9/h8-10,17H,3-7H2,1-2H3,(H2,13,15)(H,14,16). The van der Waals surface area contributed by atoms with Crippen LogP contribution in [0.25, 0.3) is 0 Å². The normalized spacial score (nSPS) is 20.5. The minimum atomic E-state index is -0.507. The highest BCUT2D eigenvalue weighted by molar-refractivity contribution is 6.02. The summed E-state index contributed by atoms with van der Waals surface area (Å²) in [6, 6.07) is 0.182. The average Bonchev–Trinajstić information content (AvgIpc) is 2.22. The van der Waals surface area contributed by atoms with Crippen molar-refractivity contribution in [1.82, 2.24) is 5.32 Å². The fraction of sp³-hybridized carbons (Fsp3) is 0.833. The van der Waals surface area contributed by atoms with Gasteiger partial charge in [-0.2, -0.15) is 0 Å². The summed E-state index contributed by atoms with van der Waals surface area (Å²) in [5, 5.41) is 14.6. The predicted molar refractivity (Wildman–Crippen MR) is 66.8 cm³/mol. The van der Waals surface area contributed by atoms with Gasteiger partial charge in [-0.05, 0) is 32.1 Å². The molecule has 1 rings (SSSR count). The fourth-order valence-electron chi connectivity index (χ4n) is 2.15. The number of oxime groups is 1. The molecule has 4 N–H and O–H groups in total. The maximum absolute atomic E-state index is 12.0. The van der Waals surface area contributed by atoms with E-state index in [9.17, 15) is 4.79 Å². The maximum atomic E-state index is 12.0. The van der Waals surface area contributed by atoms with E-state index >= 15 is 0 Å². The van der Waals surface area contributed by atoms with E-state index in [4.69, 9.17) is 10.9 Å². The van der Waals surface area contributed by atoms with E-state index in [0.29, 0.717) is 12.3 Å². The van der Waals surface area contributed by atoms with Crippen molar-refractivity contribution in [3.05, 3.63) is 0 Å². The third kappa shape index (κ3) is 3.61. The lowest BCUT2D eigenvalue weighted by atomic mass is 9.80. The first-order chi connectivity index (χ1) is 8.10. The van der Waals surface area contributed by atoms with Crippen LogP contribution in [0.3, 0.4) is 0 Å². The monoisotopic (exact) mass is 241 g/mol. The summed E-state index contributed by atoms with van der Waals surface area (Å²) in [7, 11) is 0. The van der Waals surface area contributed by atoms with Crippen LogP contribution in [0.2, 0.25) is 0 Å². The maximum Gasteiger partial charge on any atom is 0.231 e. The van der Waals surface area contributed by atoms with Gasteiger partial charge in [0, 0.05) is 6.04 Å². The van der Waals surface area contributed by atoms with Crippen molar-refractivity contribution in [2.24, 2.45) is 22.7 Å². The molecule has 1 aliphatic rings. The van der Waals surface area contributed by atoms with Crippen LogP contribution in [-0.2, 0) is 4.79 Å². The summed E-state index contributed by atoms with van der Waals surface area (Å²) in [6.45, 7) is 4.00. The quantitative estimate of drug-likeness (QED) is 0.285. The van der Waals surface area contributed by atoms with Gasteiger partial charge in [-0.3, -0.25) is 4.79 Å². The Balaban J connectivity index is 2.51. The van der Waals surface area contributed by atoms with Gasteiger partial charge in [0.05, 0.1) is 5.92 Å². The third-order valence-corrected chi connectivity index (χ3v) is 3.59. The van der Waals surface area contributed by atoms with Crippen LogP contribution in [0.15, 0.2) is 5.16 Å². The molecule has 0 saturated heterocycles. The first kappa shape index (κ1) is 13.8. The SMILES string of the molecule is CCCC(C(=O)NC(C)C1CCC1)C(N)=NO. The number of amides is 1. The van der Waals surface area contributed by atoms with Crippen molar-refractivity contribution in [3.63, 3.8) is 0 Å². The third-order valence-electron chi connectivity index (χ3n) is 3.59. The molecule has 17 heavy (non-hydrogen) atoms. The molecular formula is C12H23N3O2. The van der Waals surface area contributed by atoms with Crippen LogP contribution < -0.4 is 11.1 Å². The number of nitrogens with one attached hydrogen (secondary N) is 1. The van der Waals surface area contributed by atoms with E-state index < -0.39 is 5.92 Å². The number of nitrogens with zero attached hydrogens (tertiary/aromatic N) is 1. The molecule has 5 heteroatoms. The molecule has 0 radical (unpaired) electrons. The number of amidine groups is 1. The van der Waals surface area contributed by atoms with Crippen molar-refractivity contribution in [2.45, 2.75) is 52.0 Å². The molecular weight excluding hydrogens is 218 g/mol. The molecule has 0 aliphatic heterocycles. The number of nitrogens with two attached hydrogens (primary N) is 1. The molecule has 2 unspecified atom stereocenters. The molecule has 0 aromatic rings. The molecule has 5 nitrogen and oxygen atoms in total. The smallest absolute Gasteiger partial charge is 0.231 e. The Labute approximate surface area is 102 Å². The summed E-state index contributed by atoms with van der Waals surface area (Å²) in [5.74, 6) is -0.0345. The predicted octanol–water partition coefficient (Wildman–Crippen LogP) is 1.45. The van der Waals surface area contributed by atoms with E-state index in [-0.39, 0.29) is 17.8 Å². The van der Waals surface area contributed by atoms with Gasteiger partial charge in [-0.1, -0.05) is 24.9 Å². The lowest BCUT2D eigenvalue weighted by molar-refractivity contribution is -0.124. The van der Waals surface area contributed by atoms with Gasteiger partial charge < -0.3 is 16.3 Å². The van der Waals surface area contributed by atoms with Crippen LogP contribution in [0, 0.1) is 11.8 Å². The number of rotatable bonds is 6. The Bertz CT molecular complexity index is 287. The van der Waals surface area contributed by atoms with Crippen molar-refractivity contribution >= 4 is 11.7 Å². The highest BCUT2D eigenvalue weighted by Crippen LogP contribution is 2.29. The van der Waals surface area contributed by atoms with E-state index in [1.807, 2.05) is 13.8 Å². The first-order valence-electron chi connectivity index (χ1n) is 6.37. The molecule has 0 aromatic heterocycles. The Morgan fingerprint density at radius 3 is 2.65 bits per heavy atom. The molecule has 0 spiro atoms. The van der Waals surface area contributed by atoms with Gasteiger partial charge in [-0.25, -0.2) is 0 Å². The molecule has 1 fully saturated rings.